The van der Waals surface area contributed by atoms with Crippen LogP contribution in [0.2, 0.25) is 0 Å². The predicted octanol–water partition coefficient (Wildman–Crippen LogP) is 2.58. The van der Waals surface area contributed by atoms with Gasteiger partial charge in [0.05, 0.1) is 12.2 Å². The number of aromatic nitrogens is 1. The molecule has 114 valence electrons. The summed E-state index contributed by atoms with van der Waals surface area (Å²) in [6.45, 7) is 8.76. The summed E-state index contributed by atoms with van der Waals surface area (Å²) in [6.07, 6.45) is 4.64. The van der Waals surface area contributed by atoms with Crippen LogP contribution in [-0.2, 0) is 0 Å². The Morgan fingerprint density at radius 2 is 2.25 bits per heavy atom. The summed E-state index contributed by atoms with van der Waals surface area (Å²) in [7, 11) is 0. The first kappa shape index (κ1) is 16.5. The van der Waals surface area contributed by atoms with Gasteiger partial charge in [-0.2, -0.15) is 0 Å². The molecule has 0 saturated carbocycles. The lowest BCUT2D eigenvalue weighted by Crippen LogP contribution is -2.32. The van der Waals surface area contributed by atoms with Crippen molar-refractivity contribution in [2.75, 3.05) is 6.54 Å². The smallest absolute Gasteiger partial charge is 0.211 e. The molecule has 1 heterocycles. The summed E-state index contributed by atoms with van der Waals surface area (Å²) < 4.78 is 5.47. The largest absolute Gasteiger partial charge is 0.444 e. The molecule has 0 amide bonds. The number of oxazole rings is 1. The van der Waals surface area contributed by atoms with E-state index in [-0.39, 0.29) is 17.3 Å². The first-order chi connectivity index (χ1) is 9.36. The number of hydrogen-bond acceptors (Lipinski definition) is 5. The van der Waals surface area contributed by atoms with Crippen LogP contribution in [0.4, 0.5) is 0 Å². The summed E-state index contributed by atoms with van der Waals surface area (Å²) in [5.41, 5.74) is 5.39. The maximum Gasteiger partial charge on any atom is 0.211 e. The summed E-state index contributed by atoms with van der Waals surface area (Å²) in [5, 5.41) is 15.2. The highest BCUT2D eigenvalue weighted by Gasteiger charge is 2.22. The zero-order chi connectivity index (χ0) is 15.2. The molecule has 0 saturated heterocycles. The van der Waals surface area contributed by atoms with Crippen molar-refractivity contribution in [3.05, 3.63) is 17.8 Å². The van der Waals surface area contributed by atoms with E-state index >= 15 is 0 Å². The van der Waals surface area contributed by atoms with Crippen LogP contribution in [0.5, 0.6) is 0 Å². The standard InChI is InChI=1S/C14H26N4O2/c1-10-9-17-12(20-10)11(2)16-8-6-5-7-14(3,4)13(15)18-19/h9,11,16,19H,5-8H2,1-4H3,(H2,15,18). The van der Waals surface area contributed by atoms with Crippen molar-refractivity contribution in [2.45, 2.75) is 53.0 Å². The first-order valence-electron chi connectivity index (χ1n) is 7.00. The van der Waals surface area contributed by atoms with Crippen molar-refractivity contribution in [3.63, 3.8) is 0 Å². The van der Waals surface area contributed by atoms with Crippen LogP contribution in [-0.4, -0.2) is 22.6 Å². The highest BCUT2D eigenvalue weighted by molar-refractivity contribution is 5.85. The molecule has 0 aliphatic rings. The Bertz CT molecular complexity index is 440. The molecule has 6 nitrogen and oxygen atoms in total. The Hall–Kier alpha value is -1.56. The molecule has 1 atom stereocenters. The molecule has 0 bridgehead atoms. The number of aryl methyl sites for hydroxylation is 1. The molecule has 20 heavy (non-hydrogen) atoms. The number of oxime groups is 1. The van der Waals surface area contributed by atoms with Gasteiger partial charge < -0.3 is 20.7 Å². The highest BCUT2D eigenvalue weighted by atomic mass is 16.4. The fraction of sp³-hybridized carbons (Fsp3) is 0.714. The Morgan fingerprint density at radius 3 is 2.80 bits per heavy atom. The van der Waals surface area contributed by atoms with Crippen molar-refractivity contribution in [3.8, 4) is 0 Å². The van der Waals surface area contributed by atoms with Gasteiger partial charge in [-0.25, -0.2) is 4.98 Å². The van der Waals surface area contributed by atoms with E-state index < -0.39 is 0 Å². The zero-order valence-corrected chi connectivity index (χ0v) is 12.8. The van der Waals surface area contributed by atoms with Crippen LogP contribution < -0.4 is 11.1 Å². The van der Waals surface area contributed by atoms with Gasteiger partial charge in [-0.3, -0.25) is 0 Å². The molecular formula is C14H26N4O2. The second-order valence-corrected chi connectivity index (χ2v) is 5.81. The Kier molecular flexibility index (Phi) is 6.01. The van der Waals surface area contributed by atoms with Gasteiger partial charge in [-0.05, 0) is 33.2 Å². The van der Waals surface area contributed by atoms with Crippen molar-refractivity contribution < 1.29 is 9.62 Å². The van der Waals surface area contributed by atoms with E-state index in [1.54, 1.807) is 6.20 Å². The van der Waals surface area contributed by atoms with E-state index in [4.69, 9.17) is 15.4 Å². The molecule has 0 aromatic carbocycles. The lowest BCUT2D eigenvalue weighted by atomic mass is 9.86. The van der Waals surface area contributed by atoms with Gasteiger partial charge in [0.25, 0.3) is 0 Å². The fourth-order valence-electron chi connectivity index (χ4n) is 1.93. The Balaban J connectivity index is 2.22. The molecule has 0 fully saturated rings. The number of hydrogen-bond donors (Lipinski definition) is 3. The quantitative estimate of drug-likeness (QED) is 0.224. The third-order valence-electron chi connectivity index (χ3n) is 3.49. The predicted molar refractivity (Wildman–Crippen MR) is 78.7 cm³/mol. The van der Waals surface area contributed by atoms with E-state index in [9.17, 15) is 0 Å². The molecule has 0 radical (unpaired) electrons. The van der Waals surface area contributed by atoms with E-state index in [0.29, 0.717) is 0 Å². The third kappa shape index (κ3) is 4.85. The fourth-order valence-corrected chi connectivity index (χ4v) is 1.93. The number of rotatable bonds is 8. The van der Waals surface area contributed by atoms with Crippen LogP contribution in [0.3, 0.4) is 0 Å². The molecule has 1 aromatic rings. The molecule has 0 aliphatic carbocycles. The lowest BCUT2D eigenvalue weighted by Gasteiger charge is -2.22. The van der Waals surface area contributed by atoms with Crippen LogP contribution >= 0.6 is 0 Å². The molecule has 1 unspecified atom stereocenters. The average Bonchev–Trinajstić information content (AvgIpc) is 2.83. The van der Waals surface area contributed by atoms with E-state index in [2.05, 4.69) is 15.5 Å². The van der Waals surface area contributed by atoms with Crippen molar-refractivity contribution in [1.29, 1.82) is 0 Å². The monoisotopic (exact) mass is 282 g/mol. The summed E-state index contributed by atoms with van der Waals surface area (Å²) in [6, 6.07) is 0.112. The number of nitrogens with two attached hydrogens (primary N) is 1. The minimum atomic E-state index is -0.264. The van der Waals surface area contributed by atoms with Crippen molar-refractivity contribution in [1.82, 2.24) is 10.3 Å². The molecular weight excluding hydrogens is 256 g/mol. The van der Waals surface area contributed by atoms with E-state index in [1.165, 1.54) is 0 Å². The topological polar surface area (TPSA) is 96.7 Å². The van der Waals surface area contributed by atoms with Crippen LogP contribution in [0.15, 0.2) is 15.8 Å². The van der Waals surface area contributed by atoms with Gasteiger partial charge in [0.1, 0.15) is 11.6 Å². The lowest BCUT2D eigenvalue weighted by molar-refractivity contribution is 0.304. The van der Waals surface area contributed by atoms with Gasteiger partial charge >= 0.3 is 0 Å². The highest BCUT2D eigenvalue weighted by Crippen LogP contribution is 2.23. The number of nitrogens with one attached hydrogen (secondary N) is 1. The van der Waals surface area contributed by atoms with Gasteiger partial charge in [0.2, 0.25) is 5.89 Å². The third-order valence-corrected chi connectivity index (χ3v) is 3.49. The van der Waals surface area contributed by atoms with E-state index in [0.717, 1.165) is 37.5 Å². The van der Waals surface area contributed by atoms with Gasteiger partial charge in [0, 0.05) is 5.41 Å². The van der Waals surface area contributed by atoms with Crippen molar-refractivity contribution >= 4 is 5.84 Å². The molecule has 4 N–H and O–H groups in total. The second kappa shape index (κ2) is 7.28. The molecule has 1 aromatic heterocycles. The second-order valence-electron chi connectivity index (χ2n) is 5.81. The first-order valence-corrected chi connectivity index (χ1v) is 7.00. The molecule has 0 spiro atoms. The summed E-state index contributed by atoms with van der Waals surface area (Å²) >= 11 is 0. The van der Waals surface area contributed by atoms with E-state index in [1.807, 2.05) is 27.7 Å². The van der Waals surface area contributed by atoms with Gasteiger partial charge in [-0.15, -0.1) is 0 Å². The molecule has 1 rings (SSSR count). The normalized spacial score (nSPS) is 14.5. The maximum atomic E-state index is 8.71. The number of amidine groups is 1. The summed E-state index contributed by atoms with van der Waals surface area (Å²) in [5.74, 6) is 1.84. The average molecular weight is 282 g/mol. The molecule has 6 heteroatoms. The number of unbranched alkanes of at least 4 members (excludes halogenated alkanes) is 1. The SMILES string of the molecule is Cc1cnc(C(C)NCCCCC(C)(C)/C(N)=N/O)o1. The van der Waals surface area contributed by atoms with Crippen LogP contribution in [0.25, 0.3) is 0 Å². The Morgan fingerprint density at radius 1 is 1.55 bits per heavy atom. The number of nitrogens with zero attached hydrogens (tertiary/aromatic N) is 2. The van der Waals surface area contributed by atoms with Crippen molar-refractivity contribution in [2.24, 2.45) is 16.3 Å². The minimum absolute atomic E-state index is 0.112. The van der Waals surface area contributed by atoms with Gasteiger partial charge in [-0.1, -0.05) is 25.4 Å². The minimum Gasteiger partial charge on any atom is -0.444 e. The van der Waals surface area contributed by atoms with Gasteiger partial charge in [0.15, 0.2) is 0 Å². The van der Waals surface area contributed by atoms with Crippen LogP contribution in [0, 0.1) is 12.3 Å². The zero-order valence-electron chi connectivity index (χ0n) is 12.8. The maximum absolute atomic E-state index is 8.71. The summed E-state index contributed by atoms with van der Waals surface area (Å²) in [4.78, 5) is 4.20. The Labute approximate surface area is 120 Å². The van der Waals surface area contributed by atoms with Crippen LogP contribution in [0.1, 0.15) is 57.7 Å². The molecule has 0 aliphatic heterocycles.